The number of amides is 1. The van der Waals surface area contributed by atoms with Gasteiger partial charge in [-0.05, 0) is 53.5 Å². The maximum atomic E-state index is 13.2. The summed E-state index contributed by atoms with van der Waals surface area (Å²) in [5, 5.41) is 0.705. The topological polar surface area (TPSA) is 144 Å². The number of carbonyl (C=O) groups is 4. The van der Waals surface area contributed by atoms with Crippen molar-refractivity contribution in [1.82, 2.24) is 5.06 Å². The summed E-state index contributed by atoms with van der Waals surface area (Å²) in [6.45, 7) is 8.48. The smallest absolute Gasteiger partial charge is 0.438 e. The zero-order valence-electron chi connectivity index (χ0n) is 23.0. The fraction of sp³-hybridized carbons (Fsp3) is 0.600. The van der Waals surface area contributed by atoms with Crippen LogP contribution in [0.25, 0.3) is 0 Å². The van der Waals surface area contributed by atoms with E-state index in [0.717, 1.165) is 5.56 Å². The Morgan fingerprint density at radius 1 is 0.816 bits per heavy atom. The van der Waals surface area contributed by atoms with Gasteiger partial charge in [0.1, 0.15) is 6.61 Å². The summed E-state index contributed by atoms with van der Waals surface area (Å²) in [4.78, 5) is 52.9. The van der Waals surface area contributed by atoms with E-state index >= 15 is 0 Å². The molecule has 12 nitrogen and oxygen atoms in total. The largest absolute Gasteiger partial charge is 0.533 e. The average molecular weight is 560 g/mol. The van der Waals surface area contributed by atoms with Crippen LogP contribution in [0.1, 0.15) is 59.9 Å². The third-order valence-corrected chi connectivity index (χ3v) is 6.55. The Morgan fingerprint density at radius 3 is 1.79 bits per heavy atom. The highest BCUT2D eigenvalue weighted by Crippen LogP contribution is 2.49. The second kappa shape index (κ2) is 14.8. The van der Waals surface area contributed by atoms with Crippen molar-refractivity contribution in [3.05, 3.63) is 35.9 Å². The average Bonchev–Trinajstić information content (AvgIpc) is 2.82. The number of benzene rings is 1. The van der Waals surface area contributed by atoms with Gasteiger partial charge in [0.25, 0.3) is 5.91 Å². The Hall–Kier alpha value is -2.95. The van der Waals surface area contributed by atoms with Crippen LogP contribution in [0.3, 0.4) is 0 Å². The molecule has 0 saturated carbocycles. The molecule has 0 bridgehead atoms. The summed E-state index contributed by atoms with van der Waals surface area (Å²) in [5.41, 5.74) is -0.874. The van der Waals surface area contributed by atoms with E-state index in [1.54, 1.807) is 65.8 Å². The second-order valence-corrected chi connectivity index (χ2v) is 12.5. The lowest BCUT2D eigenvalue weighted by Gasteiger charge is -2.22. The van der Waals surface area contributed by atoms with Crippen LogP contribution in [-0.2, 0) is 53.7 Å². The number of hydrogen-bond donors (Lipinski definition) is 0. The summed E-state index contributed by atoms with van der Waals surface area (Å²) in [6, 6.07) is 8.92. The molecule has 1 aromatic carbocycles. The Balaban J connectivity index is 2.60. The number of hydrogen-bond acceptors (Lipinski definition) is 11. The van der Waals surface area contributed by atoms with Crippen molar-refractivity contribution in [3.63, 3.8) is 0 Å². The van der Waals surface area contributed by atoms with Crippen molar-refractivity contribution in [1.29, 1.82) is 0 Å². The number of rotatable bonds is 12. The number of hydroxylamine groups is 2. The van der Waals surface area contributed by atoms with E-state index in [1.165, 1.54) is 7.05 Å². The van der Waals surface area contributed by atoms with Crippen LogP contribution in [0, 0.1) is 10.8 Å². The molecule has 0 spiro atoms. The third-order valence-electron chi connectivity index (χ3n) is 4.69. The molecule has 0 unspecified atom stereocenters. The van der Waals surface area contributed by atoms with Gasteiger partial charge in [0.05, 0.1) is 17.0 Å². The molecule has 0 aliphatic carbocycles. The molecule has 0 aliphatic rings. The van der Waals surface area contributed by atoms with Crippen LogP contribution in [0.2, 0.25) is 0 Å². The van der Waals surface area contributed by atoms with Gasteiger partial charge in [0.2, 0.25) is 13.6 Å². The number of ether oxygens (including phenoxy) is 3. The Kier molecular flexibility index (Phi) is 12.9. The van der Waals surface area contributed by atoms with Gasteiger partial charge in [-0.2, -0.15) is 5.06 Å². The van der Waals surface area contributed by atoms with Gasteiger partial charge in [0, 0.05) is 13.5 Å². The summed E-state index contributed by atoms with van der Waals surface area (Å²) >= 11 is 0. The van der Waals surface area contributed by atoms with E-state index in [4.69, 9.17) is 28.1 Å². The fourth-order valence-corrected chi connectivity index (χ4v) is 3.71. The maximum Gasteiger partial charge on any atom is 0.533 e. The normalized spacial score (nSPS) is 11.9. The van der Waals surface area contributed by atoms with Crippen molar-refractivity contribution in [2.24, 2.45) is 10.8 Å². The molecule has 214 valence electrons. The van der Waals surface area contributed by atoms with Gasteiger partial charge in [-0.1, -0.05) is 30.3 Å². The SMILES string of the molecule is CN(OC(=O)OCc1ccccc1)C(=O)CCCP(=O)(OCOC(=O)C(C)(C)C)OCOC(=O)C(C)(C)C. The van der Waals surface area contributed by atoms with Crippen LogP contribution >= 0.6 is 7.60 Å². The molecule has 0 aliphatic heterocycles. The molecule has 0 atom stereocenters. The first-order valence-corrected chi connectivity index (χ1v) is 13.6. The van der Waals surface area contributed by atoms with Gasteiger partial charge >= 0.3 is 25.7 Å². The Morgan fingerprint density at radius 2 is 1.32 bits per heavy atom. The number of esters is 2. The number of nitrogens with zero attached hydrogens (tertiary/aromatic N) is 1. The monoisotopic (exact) mass is 559 g/mol. The first kappa shape index (κ1) is 33.1. The standard InChI is InChI=1S/C25H38NO11P/c1-24(2,3)21(28)33-17-35-38(31,36-18-34-22(29)25(4,5)6)15-11-14-20(27)26(7)37-23(30)32-16-19-12-9-8-10-13-19/h8-10,12-13H,11,14-18H2,1-7H3. The van der Waals surface area contributed by atoms with Gasteiger partial charge < -0.3 is 19.0 Å². The van der Waals surface area contributed by atoms with Crippen molar-refractivity contribution in [2.45, 2.75) is 61.0 Å². The van der Waals surface area contributed by atoms with Crippen LogP contribution in [0.15, 0.2) is 30.3 Å². The molecule has 38 heavy (non-hydrogen) atoms. The summed E-state index contributed by atoms with van der Waals surface area (Å²) in [7, 11) is -2.72. The van der Waals surface area contributed by atoms with Gasteiger partial charge in [0.15, 0.2) is 0 Å². The maximum absolute atomic E-state index is 13.2. The van der Waals surface area contributed by atoms with Crippen molar-refractivity contribution >= 4 is 31.6 Å². The highest BCUT2D eigenvalue weighted by molar-refractivity contribution is 7.53. The summed E-state index contributed by atoms with van der Waals surface area (Å²) in [6.07, 6.45) is -1.54. The zero-order chi connectivity index (χ0) is 29.0. The van der Waals surface area contributed by atoms with Gasteiger partial charge in [-0.15, -0.1) is 0 Å². The predicted molar refractivity (Wildman–Crippen MR) is 135 cm³/mol. The molecule has 0 radical (unpaired) electrons. The molecule has 0 heterocycles. The fourth-order valence-electron chi connectivity index (χ4n) is 2.41. The second-order valence-electron chi connectivity index (χ2n) is 10.3. The molecule has 0 saturated heterocycles. The molecule has 0 aromatic heterocycles. The van der Waals surface area contributed by atoms with E-state index in [2.05, 4.69) is 0 Å². The van der Waals surface area contributed by atoms with E-state index in [-0.39, 0.29) is 25.6 Å². The molecule has 1 aromatic rings. The zero-order valence-corrected chi connectivity index (χ0v) is 23.9. The molecule has 0 N–H and O–H groups in total. The van der Waals surface area contributed by atoms with E-state index in [9.17, 15) is 23.7 Å². The lowest BCUT2D eigenvalue weighted by Crippen LogP contribution is -2.30. The highest BCUT2D eigenvalue weighted by Gasteiger charge is 2.30. The first-order valence-electron chi connectivity index (χ1n) is 11.9. The molecule has 1 amide bonds. The van der Waals surface area contributed by atoms with Crippen LogP contribution in [-0.4, -0.2) is 55.9 Å². The van der Waals surface area contributed by atoms with Crippen LogP contribution < -0.4 is 0 Å². The summed E-state index contributed by atoms with van der Waals surface area (Å²) in [5.74, 6) is -1.78. The van der Waals surface area contributed by atoms with Gasteiger partial charge in [-0.3, -0.25) is 28.0 Å². The number of carbonyl (C=O) groups excluding carboxylic acids is 4. The lowest BCUT2D eigenvalue weighted by atomic mass is 9.98. The lowest BCUT2D eigenvalue weighted by molar-refractivity contribution is -0.166. The Labute approximate surface area is 223 Å². The highest BCUT2D eigenvalue weighted by atomic mass is 31.2. The van der Waals surface area contributed by atoms with E-state index in [0.29, 0.717) is 5.06 Å². The molecule has 0 fully saturated rings. The van der Waals surface area contributed by atoms with E-state index in [1.807, 2.05) is 6.07 Å². The molecular weight excluding hydrogens is 521 g/mol. The van der Waals surface area contributed by atoms with Gasteiger partial charge in [-0.25, -0.2) is 4.79 Å². The minimum Gasteiger partial charge on any atom is -0.438 e. The third kappa shape index (κ3) is 13.0. The first-order chi connectivity index (χ1) is 17.5. The van der Waals surface area contributed by atoms with Crippen molar-refractivity contribution < 1.29 is 51.8 Å². The molecular formula is C25H38NO11P. The quantitative estimate of drug-likeness (QED) is 0.114. The van der Waals surface area contributed by atoms with Crippen molar-refractivity contribution in [2.75, 3.05) is 26.8 Å². The van der Waals surface area contributed by atoms with Crippen LogP contribution in [0.5, 0.6) is 0 Å². The molecule has 13 heteroatoms. The molecule has 1 rings (SSSR count). The predicted octanol–water partition coefficient (Wildman–Crippen LogP) is 4.81. The minimum absolute atomic E-state index is 0.0106. The Bertz CT molecular complexity index is 947. The van der Waals surface area contributed by atoms with Crippen molar-refractivity contribution in [3.8, 4) is 0 Å². The van der Waals surface area contributed by atoms with E-state index < -0.39 is 56.0 Å². The summed E-state index contributed by atoms with van der Waals surface area (Å²) < 4.78 is 38.5. The minimum atomic E-state index is -3.95. The van der Waals surface area contributed by atoms with Crippen LogP contribution in [0.4, 0.5) is 4.79 Å².